The Bertz CT molecular complexity index is 1460. The highest BCUT2D eigenvalue weighted by molar-refractivity contribution is 5.91. The molecule has 2 fully saturated rings. The van der Waals surface area contributed by atoms with Gasteiger partial charge < -0.3 is 30.1 Å². The van der Waals surface area contributed by atoms with Gasteiger partial charge in [-0.05, 0) is 80.0 Å². The van der Waals surface area contributed by atoms with Gasteiger partial charge in [0.25, 0.3) is 5.91 Å². The molecule has 1 aliphatic carbocycles. The molecule has 2 aromatic carbocycles. The van der Waals surface area contributed by atoms with Crippen LogP contribution in [0.5, 0.6) is 5.75 Å². The molecule has 3 amide bonds. The van der Waals surface area contributed by atoms with Gasteiger partial charge >= 0.3 is 6.03 Å². The number of piperidine rings is 1. The number of likely N-dealkylation sites (tertiary alicyclic amines) is 1. The number of nitrogens with one attached hydrogen (secondary N) is 2. The second kappa shape index (κ2) is 11.2. The minimum Gasteiger partial charge on any atom is -0.497 e. The number of hydrogen-bond acceptors (Lipinski definition) is 6. The van der Waals surface area contributed by atoms with Gasteiger partial charge in [-0.2, -0.15) is 0 Å². The highest BCUT2D eigenvalue weighted by atomic mass is 16.5. The van der Waals surface area contributed by atoms with Crippen LogP contribution in [0.25, 0.3) is 0 Å². The van der Waals surface area contributed by atoms with Crippen LogP contribution in [-0.4, -0.2) is 78.3 Å². The van der Waals surface area contributed by atoms with E-state index in [0.717, 1.165) is 74.6 Å². The molecular weight excluding hydrogens is 540 g/mol. The van der Waals surface area contributed by atoms with Crippen molar-refractivity contribution in [1.82, 2.24) is 20.0 Å². The van der Waals surface area contributed by atoms with Crippen LogP contribution in [-0.2, 0) is 16.6 Å². The number of amides is 3. The van der Waals surface area contributed by atoms with E-state index in [0.29, 0.717) is 6.54 Å². The number of methoxy groups -OCH3 is 1. The van der Waals surface area contributed by atoms with E-state index in [4.69, 9.17) is 4.74 Å². The summed E-state index contributed by atoms with van der Waals surface area (Å²) in [4.78, 5) is 38.2. The quantitative estimate of drug-likeness (QED) is 0.541. The molecule has 43 heavy (non-hydrogen) atoms. The van der Waals surface area contributed by atoms with Crippen LogP contribution in [0.3, 0.4) is 0 Å². The van der Waals surface area contributed by atoms with Crippen LogP contribution in [0.1, 0.15) is 68.2 Å². The van der Waals surface area contributed by atoms with E-state index in [1.54, 1.807) is 13.4 Å². The van der Waals surface area contributed by atoms with Crippen molar-refractivity contribution in [1.29, 1.82) is 0 Å². The second-order valence-electron chi connectivity index (χ2n) is 12.8. The Morgan fingerprint density at radius 1 is 1.07 bits per heavy atom. The summed E-state index contributed by atoms with van der Waals surface area (Å²) in [6.45, 7) is 5.22. The van der Waals surface area contributed by atoms with Gasteiger partial charge in [-0.1, -0.05) is 37.1 Å². The van der Waals surface area contributed by atoms with Crippen molar-refractivity contribution < 1.29 is 14.3 Å². The van der Waals surface area contributed by atoms with Gasteiger partial charge in [0.2, 0.25) is 0 Å². The van der Waals surface area contributed by atoms with Gasteiger partial charge in [0.05, 0.1) is 19.5 Å². The lowest BCUT2D eigenvalue weighted by Crippen LogP contribution is -2.52. The van der Waals surface area contributed by atoms with Crippen LogP contribution in [0.2, 0.25) is 0 Å². The van der Waals surface area contributed by atoms with E-state index in [2.05, 4.69) is 56.6 Å². The Labute approximate surface area is 254 Å². The molecule has 1 saturated heterocycles. The number of carbonyl (C=O) groups is 2. The Morgan fingerprint density at radius 3 is 2.65 bits per heavy atom. The number of fused-ring (bicyclic) bond motifs is 3. The minimum atomic E-state index is -0.535. The average molecular weight is 583 g/mol. The maximum Gasteiger partial charge on any atom is 0.322 e. The molecule has 9 heteroatoms. The minimum absolute atomic E-state index is 0.0274. The molecule has 4 aliphatic heterocycles. The molecule has 0 radical (unpaired) electrons. The van der Waals surface area contributed by atoms with Crippen molar-refractivity contribution >= 4 is 24.0 Å². The molecule has 7 rings (SSSR count). The number of hydrogen-bond donors (Lipinski definition) is 2. The number of aliphatic imine (C=N–C) groups is 1. The standard InChI is InChI=1S/C34H42N6O3/c1-23-27-7-3-4-8-28(27)34(14-5-6-15-34)21-40(23)32(41)30-20-31(36-22-35-30)38-16-12-25(13-17-38)39-18-11-24-19-26(43-2)9-10-29(24)37-33(39)42/h3-4,7-10,19-20,22-23,25,30H,5-6,11-18,21H2,1-2H3,(H,35,36)(H,37,42). The zero-order valence-electron chi connectivity index (χ0n) is 25.2. The van der Waals surface area contributed by atoms with E-state index < -0.39 is 6.04 Å². The monoisotopic (exact) mass is 582 g/mol. The third-order valence-corrected chi connectivity index (χ3v) is 10.5. The lowest BCUT2D eigenvalue weighted by molar-refractivity contribution is -0.135. The summed E-state index contributed by atoms with van der Waals surface area (Å²) in [5, 5.41) is 6.42. The SMILES string of the molecule is COc1ccc2c(c1)CCN(C1CCN(C3=CC(C(=O)N4CC5(CCCC5)c5ccccc5C4C)N=CN3)CC1)C(=O)N2. The van der Waals surface area contributed by atoms with E-state index in [1.165, 1.54) is 24.0 Å². The summed E-state index contributed by atoms with van der Waals surface area (Å²) in [5.74, 6) is 1.82. The van der Waals surface area contributed by atoms with E-state index in [-0.39, 0.29) is 29.4 Å². The molecule has 5 aliphatic rings. The maximum absolute atomic E-state index is 14.1. The third-order valence-electron chi connectivity index (χ3n) is 10.5. The van der Waals surface area contributed by atoms with Gasteiger partial charge in [-0.25, -0.2) is 4.79 Å². The van der Waals surface area contributed by atoms with Crippen molar-refractivity contribution in [3.05, 3.63) is 71.1 Å². The summed E-state index contributed by atoms with van der Waals surface area (Å²) >= 11 is 0. The molecular formula is C34H42N6O3. The predicted octanol–water partition coefficient (Wildman–Crippen LogP) is 4.81. The highest BCUT2D eigenvalue weighted by Gasteiger charge is 2.46. The Kier molecular flexibility index (Phi) is 7.27. The van der Waals surface area contributed by atoms with Gasteiger partial charge in [-0.15, -0.1) is 0 Å². The summed E-state index contributed by atoms with van der Waals surface area (Å²) < 4.78 is 5.38. The Balaban J connectivity index is 1.01. The number of carbonyl (C=O) groups excluding carboxylic acids is 2. The van der Waals surface area contributed by atoms with Crippen molar-refractivity contribution in [3.63, 3.8) is 0 Å². The summed E-state index contributed by atoms with van der Waals surface area (Å²) in [6, 6.07) is 14.2. The first-order chi connectivity index (χ1) is 21.0. The number of nitrogens with zero attached hydrogens (tertiary/aromatic N) is 4. The highest BCUT2D eigenvalue weighted by Crippen LogP contribution is 2.49. The maximum atomic E-state index is 14.1. The molecule has 1 spiro atoms. The number of benzene rings is 2. The first-order valence-corrected chi connectivity index (χ1v) is 15.9. The number of rotatable bonds is 4. The molecule has 2 atom stereocenters. The first-order valence-electron chi connectivity index (χ1n) is 15.9. The number of ether oxygens (including phenoxy) is 1. The van der Waals surface area contributed by atoms with E-state index in [9.17, 15) is 9.59 Å². The van der Waals surface area contributed by atoms with Crippen LogP contribution in [0, 0.1) is 0 Å². The fraction of sp³-hybridized carbons (Fsp3) is 0.500. The molecule has 2 unspecified atom stereocenters. The van der Waals surface area contributed by atoms with Crippen molar-refractivity contribution in [2.75, 3.05) is 38.6 Å². The normalized spacial score (nSPS) is 24.9. The summed E-state index contributed by atoms with van der Waals surface area (Å²) in [7, 11) is 1.66. The fourth-order valence-electron chi connectivity index (χ4n) is 8.06. The van der Waals surface area contributed by atoms with Gasteiger partial charge in [0, 0.05) is 43.3 Å². The second-order valence-corrected chi connectivity index (χ2v) is 12.8. The predicted molar refractivity (Wildman–Crippen MR) is 167 cm³/mol. The summed E-state index contributed by atoms with van der Waals surface area (Å²) in [6.07, 6.45) is 10.9. The van der Waals surface area contributed by atoms with Gasteiger partial charge in [0.1, 0.15) is 11.6 Å². The molecule has 0 bridgehead atoms. The molecule has 0 aromatic heterocycles. The first kappa shape index (κ1) is 27.8. The lowest BCUT2D eigenvalue weighted by Gasteiger charge is -2.46. The smallest absolute Gasteiger partial charge is 0.322 e. The van der Waals surface area contributed by atoms with Crippen LogP contribution in [0.4, 0.5) is 10.5 Å². The molecule has 2 N–H and O–H groups in total. The van der Waals surface area contributed by atoms with Crippen molar-refractivity contribution in [2.45, 2.75) is 75.4 Å². The van der Waals surface area contributed by atoms with Crippen LogP contribution >= 0.6 is 0 Å². The number of urea groups is 1. The van der Waals surface area contributed by atoms with Crippen LogP contribution in [0.15, 0.2) is 59.4 Å². The Hall–Kier alpha value is -4.01. The molecule has 2 aromatic rings. The molecule has 9 nitrogen and oxygen atoms in total. The van der Waals surface area contributed by atoms with Crippen molar-refractivity contribution in [3.8, 4) is 5.75 Å². The van der Waals surface area contributed by atoms with Crippen LogP contribution < -0.4 is 15.4 Å². The van der Waals surface area contributed by atoms with Gasteiger partial charge in [0.15, 0.2) is 6.04 Å². The van der Waals surface area contributed by atoms with Gasteiger partial charge in [-0.3, -0.25) is 9.79 Å². The number of anilines is 1. The summed E-state index contributed by atoms with van der Waals surface area (Å²) in [5.41, 5.74) is 4.76. The zero-order chi connectivity index (χ0) is 29.6. The zero-order valence-corrected chi connectivity index (χ0v) is 25.2. The molecule has 226 valence electrons. The van der Waals surface area contributed by atoms with Crippen molar-refractivity contribution in [2.24, 2.45) is 4.99 Å². The topological polar surface area (TPSA) is 89.5 Å². The van der Waals surface area contributed by atoms with E-state index >= 15 is 0 Å². The lowest BCUT2D eigenvalue weighted by atomic mass is 9.72. The molecule has 4 heterocycles. The largest absolute Gasteiger partial charge is 0.497 e. The fourth-order valence-corrected chi connectivity index (χ4v) is 8.06. The average Bonchev–Trinajstić information content (AvgIpc) is 3.46. The van der Waals surface area contributed by atoms with E-state index in [1.807, 2.05) is 29.2 Å². The molecule has 1 saturated carbocycles. The Morgan fingerprint density at radius 2 is 1.86 bits per heavy atom. The third kappa shape index (κ3) is 5.02.